The summed E-state index contributed by atoms with van der Waals surface area (Å²) in [6.45, 7) is 1.79. The molecular formula is C23H25N3O3. The molecule has 1 heterocycles. The van der Waals surface area contributed by atoms with E-state index >= 15 is 0 Å². The first-order valence-electron chi connectivity index (χ1n) is 9.79. The molecule has 0 radical (unpaired) electrons. The van der Waals surface area contributed by atoms with Crippen molar-refractivity contribution >= 4 is 22.9 Å². The molecule has 0 fully saturated rings. The predicted octanol–water partition coefficient (Wildman–Crippen LogP) is 3.45. The van der Waals surface area contributed by atoms with Gasteiger partial charge in [-0.2, -0.15) is 0 Å². The summed E-state index contributed by atoms with van der Waals surface area (Å²) in [6.07, 6.45) is 7.24. The van der Waals surface area contributed by atoms with Crippen LogP contribution in [0.5, 0.6) is 5.75 Å². The second-order valence-electron chi connectivity index (χ2n) is 7.25. The lowest BCUT2D eigenvalue weighted by molar-refractivity contribution is -0.124. The van der Waals surface area contributed by atoms with Crippen LogP contribution in [0.4, 0.5) is 0 Å². The second kappa shape index (κ2) is 8.51. The maximum Gasteiger partial charge on any atom is 0.267 e. The summed E-state index contributed by atoms with van der Waals surface area (Å²) in [5, 5.41) is 13.4. The average molecular weight is 391 g/mol. The Morgan fingerprint density at radius 2 is 2.17 bits per heavy atom. The number of hydroxylamine groups is 1. The maximum atomic E-state index is 11.1. The first kappa shape index (κ1) is 19.2. The SMILES string of the molecule is COc1ccc2c(ccn2CCNC2CCc3cc(C=CC(=O)NO)ccc32)c1. The van der Waals surface area contributed by atoms with Gasteiger partial charge in [-0.3, -0.25) is 10.0 Å². The first-order valence-corrected chi connectivity index (χ1v) is 9.79. The van der Waals surface area contributed by atoms with Crippen molar-refractivity contribution in [1.29, 1.82) is 0 Å². The zero-order valence-corrected chi connectivity index (χ0v) is 16.4. The zero-order valence-electron chi connectivity index (χ0n) is 16.4. The molecule has 3 N–H and O–H groups in total. The van der Waals surface area contributed by atoms with Crippen LogP contribution in [-0.2, 0) is 17.8 Å². The van der Waals surface area contributed by atoms with E-state index in [1.165, 1.54) is 28.1 Å². The highest BCUT2D eigenvalue weighted by Crippen LogP contribution is 2.32. The molecule has 4 rings (SSSR count). The monoisotopic (exact) mass is 391 g/mol. The second-order valence-corrected chi connectivity index (χ2v) is 7.25. The molecule has 1 unspecified atom stereocenters. The number of nitrogens with one attached hydrogen (secondary N) is 2. The minimum atomic E-state index is -0.527. The lowest BCUT2D eigenvalue weighted by Crippen LogP contribution is -2.23. The van der Waals surface area contributed by atoms with Crippen molar-refractivity contribution in [3.8, 4) is 5.75 Å². The van der Waals surface area contributed by atoms with Crippen LogP contribution in [0, 0.1) is 0 Å². The fraction of sp³-hybridized carbons (Fsp3) is 0.261. The van der Waals surface area contributed by atoms with E-state index in [1.54, 1.807) is 18.7 Å². The number of nitrogens with zero attached hydrogens (tertiary/aromatic N) is 1. The van der Waals surface area contributed by atoms with Crippen LogP contribution in [0.1, 0.15) is 29.2 Å². The highest BCUT2D eigenvalue weighted by molar-refractivity contribution is 5.90. The van der Waals surface area contributed by atoms with E-state index in [9.17, 15) is 4.79 Å². The molecule has 6 heteroatoms. The van der Waals surface area contributed by atoms with Crippen LogP contribution >= 0.6 is 0 Å². The van der Waals surface area contributed by atoms with Gasteiger partial charge in [-0.15, -0.1) is 0 Å². The summed E-state index contributed by atoms with van der Waals surface area (Å²) in [5.41, 5.74) is 6.42. The third-order valence-corrected chi connectivity index (χ3v) is 5.50. The van der Waals surface area contributed by atoms with Gasteiger partial charge in [-0.25, -0.2) is 5.48 Å². The molecule has 0 saturated carbocycles. The van der Waals surface area contributed by atoms with Gasteiger partial charge >= 0.3 is 0 Å². The Labute approximate surface area is 169 Å². The zero-order chi connectivity index (χ0) is 20.2. The van der Waals surface area contributed by atoms with Crippen molar-refractivity contribution in [3.05, 3.63) is 71.4 Å². The van der Waals surface area contributed by atoms with E-state index in [2.05, 4.69) is 46.4 Å². The number of benzene rings is 2. The van der Waals surface area contributed by atoms with E-state index in [0.717, 1.165) is 37.2 Å². The number of aromatic nitrogens is 1. The van der Waals surface area contributed by atoms with Crippen LogP contribution in [0.3, 0.4) is 0 Å². The number of fused-ring (bicyclic) bond motifs is 2. The van der Waals surface area contributed by atoms with Gasteiger partial charge in [0, 0.05) is 42.3 Å². The molecule has 0 bridgehead atoms. The van der Waals surface area contributed by atoms with Gasteiger partial charge in [0.1, 0.15) is 5.75 Å². The Hall–Kier alpha value is -3.09. The van der Waals surface area contributed by atoms with Crippen molar-refractivity contribution in [2.75, 3.05) is 13.7 Å². The van der Waals surface area contributed by atoms with Crippen LogP contribution in [0.25, 0.3) is 17.0 Å². The number of carbonyl (C=O) groups excluding carboxylic acids is 1. The first-order chi connectivity index (χ1) is 14.2. The third-order valence-electron chi connectivity index (χ3n) is 5.50. The molecule has 150 valence electrons. The van der Waals surface area contributed by atoms with Crippen LogP contribution in [0.2, 0.25) is 0 Å². The highest BCUT2D eigenvalue weighted by Gasteiger charge is 2.21. The minimum absolute atomic E-state index is 0.352. The quantitative estimate of drug-likeness (QED) is 0.328. The summed E-state index contributed by atoms with van der Waals surface area (Å²) in [4.78, 5) is 11.1. The molecule has 0 saturated heterocycles. The molecule has 2 aromatic carbocycles. The van der Waals surface area contributed by atoms with Gasteiger partial charge in [0.2, 0.25) is 0 Å². The molecule has 1 aliphatic carbocycles. The largest absolute Gasteiger partial charge is 0.497 e. The Morgan fingerprint density at radius 1 is 1.28 bits per heavy atom. The summed E-state index contributed by atoms with van der Waals surface area (Å²) in [5.74, 6) is 0.350. The van der Waals surface area contributed by atoms with Gasteiger partial charge in [0.15, 0.2) is 0 Å². The van der Waals surface area contributed by atoms with Crippen molar-refractivity contribution < 1.29 is 14.7 Å². The number of amides is 1. The lowest BCUT2D eigenvalue weighted by Gasteiger charge is -2.15. The molecule has 0 aliphatic heterocycles. The Balaban J connectivity index is 1.37. The van der Waals surface area contributed by atoms with Gasteiger partial charge in [-0.05, 0) is 59.9 Å². The molecule has 3 aromatic rings. The number of hydrogen-bond donors (Lipinski definition) is 3. The Kier molecular flexibility index (Phi) is 5.64. The molecular weight excluding hydrogens is 366 g/mol. The minimum Gasteiger partial charge on any atom is -0.497 e. The number of aryl methyl sites for hydroxylation is 1. The van der Waals surface area contributed by atoms with Gasteiger partial charge in [0.25, 0.3) is 5.91 Å². The Bertz CT molecular complexity index is 1050. The van der Waals surface area contributed by atoms with Crippen molar-refractivity contribution in [2.45, 2.75) is 25.4 Å². The number of methoxy groups -OCH3 is 1. The van der Waals surface area contributed by atoms with Crippen molar-refractivity contribution in [1.82, 2.24) is 15.4 Å². The van der Waals surface area contributed by atoms with E-state index in [0.29, 0.717) is 6.04 Å². The topological polar surface area (TPSA) is 75.5 Å². The Morgan fingerprint density at radius 3 is 3.00 bits per heavy atom. The summed E-state index contributed by atoms with van der Waals surface area (Å²) >= 11 is 0. The summed E-state index contributed by atoms with van der Waals surface area (Å²) < 4.78 is 7.56. The standard InChI is InChI=1S/C23H25N3O3/c1-29-19-5-8-22-18(15-19)10-12-26(22)13-11-24-21-7-4-17-14-16(2-6-20(17)21)3-9-23(27)25-28/h2-3,5-6,8-10,12,14-15,21,24,28H,4,7,11,13H2,1H3,(H,25,27). The lowest BCUT2D eigenvalue weighted by atomic mass is 10.0. The normalized spacial score (nSPS) is 15.7. The van der Waals surface area contributed by atoms with Gasteiger partial charge in [0.05, 0.1) is 7.11 Å². The van der Waals surface area contributed by atoms with Gasteiger partial charge in [-0.1, -0.05) is 18.2 Å². The van der Waals surface area contributed by atoms with E-state index in [-0.39, 0.29) is 0 Å². The smallest absolute Gasteiger partial charge is 0.267 e. The van der Waals surface area contributed by atoms with Crippen LogP contribution in [-0.4, -0.2) is 29.3 Å². The highest BCUT2D eigenvalue weighted by atomic mass is 16.5. The number of carbonyl (C=O) groups is 1. The fourth-order valence-corrected chi connectivity index (χ4v) is 4.02. The van der Waals surface area contributed by atoms with Crippen LogP contribution in [0.15, 0.2) is 54.7 Å². The molecule has 1 amide bonds. The number of rotatable bonds is 7. The van der Waals surface area contributed by atoms with Crippen molar-refractivity contribution in [3.63, 3.8) is 0 Å². The number of hydrogen-bond acceptors (Lipinski definition) is 4. The molecule has 1 atom stereocenters. The van der Waals surface area contributed by atoms with E-state index in [4.69, 9.17) is 9.94 Å². The summed E-state index contributed by atoms with van der Waals surface area (Å²) in [7, 11) is 1.69. The van der Waals surface area contributed by atoms with Gasteiger partial charge < -0.3 is 14.6 Å². The third kappa shape index (κ3) is 4.18. The predicted molar refractivity (Wildman–Crippen MR) is 113 cm³/mol. The van der Waals surface area contributed by atoms with E-state index < -0.39 is 5.91 Å². The molecule has 29 heavy (non-hydrogen) atoms. The fourth-order valence-electron chi connectivity index (χ4n) is 4.02. The average Bonchev–Trinajstić information content (AvgIpc) is 3.35. The van der Waals surface area contributed by atoms with E-state index in [1.807, 2.05) is 12.1 Å². The maximum absolute atomic E-state index is 11.1. The molecule has 6 nitrogen and oxygen atoms in total. The molecule has 0 spiro atoms. The number of ether oxygens (including phenoxy) is 1. The molecule has 1 aliphatic rings. The summed E-state index contributed by atoms with van der Waals surface area (Å²) in [6, 6.07) is 14.9. The van der Waals surface area contributed by atoms with Crippen molar-refractivity contribution in [2.24, 2.45) is 0 Å². The van der Waals surface area contributed by atoms with Crippen LogP contribution < -0.4 is 15.5 Å². The molecule has 1 aromatic heterocycles.